The molecule has 14 heteroatoms. The van der Waals surface area contributed by atoms with E-state index in [2.05, 4.69) is 19.8 Å². The van der Waals surface area contributed by atoms with E-state index in [1.165, 1.54) is 12.1 Å². The summed E-state index contributed by atoms with van der Waals surface area (Å²) < 4.78 is 89.9. The molecule has 1 N–H and O–H groups in total. The highest BCUT2D eigenvalue weighted by atomic mass is 35.5. The van der Waals surface area contributed by atoms with E-state index in [1.807, 2.05) is 0 Å². The van der Waals surface area contributed by atoms with E-state index < -0.39 is 42.7 Å². The molecule has 0 bridgehead atoms. The van der Waals surface area contributed by atoms with Crippen LogP contribution in [0.15, 0.2) is 30.3 Å². The van der Waals surface area contributed by atoms with Gasteiger partial charge in [0.2, 0.25) is 5.88 Å². The van der Waals surface area contributed by atoms with E-state index in [0.717, 1.165) is 0 Å². The number of esters is 2. The lowest BCUT2D eigenvalue weighted by Crippen LogP contribution is -2.55. The maximum Gasteiger partial charge on any atom is 0.491 e. The fraction of sp³-hybridized carbons (Fsp3) is 0.316. The van der Waals surface area contributed by atoms with Crippen molar-refractivity contribution in [3.8, 4) is 17.1 Å². The monoisotopic (exact) mass is 498 g/mol. The van der Waals surface area contributed by atoms with Crippen molar-refractivity contribution in [2.45, 2.75) is 31.8 Å². The van der Waals surface area contributed by atoms with Crippen LogP contribution < -0.4 is 10.1 Å². The van der Waals surface area contributed by atoms with Gasteiger partial charge in [0.1, 0.15) is 6.54 Å². The van der Waals surface area contributed by atoms with Crippen molar-refractivity contribution in [3.63, 3.8) is 0 Å². The Kier molecular flexibility index (Phi) is 6.48. The van der Waals surface area contributed by atoms with Crippen molar-refractivity contribution >= 4 is 23.5 Å². The van der Waals surface area contributed by atoms with Crippen LogP contribution in [0.2, 0.25) is 5.02 Å². The fourth-order valence-corrected chi connectivity index (χ4v) is 2.97. The first-order chi connectivity index (χ1) is 15.2. The molecule has 0 fully saturated rings. The van der Waals surface area contributed by atoms with Crippen molar-refractivity contribution in [1.82, 2.24) is 10.3 Å². The van der Waals surface area contributed by atoms with Gasteiger partial charge in [-0.1, -0.05) is 29.8 Å². The van der Waals surface area contributed by atoms with E-state index >= 15 is 0 Å². The second kappa shape index (κ2) is 8.71. The van der Waals surface area contributed by atoms with Crippen LogP contribution in [0.5, 0.6) is 5.88 Å². The standard InChI is InChI=1S/C19H13ClF6N2O5/c1-9-11(3-2-4-12(9)20)13-6-5-10-7-27-8-17(31-14(10)28-13,32-15(29)18(21,22)23)33-16(30)19(24,25)26/h2-6,27H,7-8H2,1H3. The molecule has 0 saturated heterocycles. The zero-order valence-corrected chi connectivity index (χ0v) is 17.2. The molecule has 0 atom stereocenters. The molecular formula is C19H13ClF6N2O5. The minimum Gasteiger partial charge on any atom is -0.401 e. The highest BCUT2D eigenvalue weighted by molar-refractivity contribution is 6.31. The molecule has 33 heavy (non-hydrogen) atoms. The van der Waals surface area contributed by atoms with Gasteiger partial charge in [0.15, 0.2) is 0 Å². The van der Waals surface area contributed by atoms with Crippen LogP contribution in [-0.4, -0.2) is 41.8 Å². The Bertz CT molecular complexity index is 1060. The summed E-state index contributed by atoms with van der Waals surface area (Å²) in [6.45, 7) is 0.429. The first kappa shape index (κ1) is 24.6. The van der Waals surface area contributed by atoms with Gasteiger partial charge in [-0.2, -0.15) is 26.3 Å². The minimum atomic E-state index is -5.62. The van der Waals surface area contributed by atoms with E-state index in [9.17, 15) is 35.9 Å². The Morgan fingerprint density at radius 2 is 1.67 bits per heavy atom. The van der Waals surface area contributed by atoms with Gasteiger partial charge < -0.3 is 19.5 Å². The van der Waals surface area contributed by atoms with Crippen LogP contribution in [0.25, 0.3) is 11.3 Å². The number of benzene rings is 1. The van der Waals surface area contributed by atoms with Gasteiger partial charge >= 0.3 is 30.3 Å². The molecule has 0 amide bonds. The number of nitrogens with one attached hydrogen (secondary N) is 1. The molecule has 1 aliphatic heterocycles. The van der Waals surface area contributed by atoms with E-state index in [0.29, 0.717) is 16.1 Å². The van der Waals surface area contributed by atoms with Crippen LogP contribution in [-0.2, 0) is 25.6 Å². The van der Waals surface area contributed by atoms with Gasteiger partial charge in [-0.3, -0.25) is 0 Å². The van der Waals surface area contributed by atoms with Crippen molar-refractivity contribution in [3.05, 3.63) is 46.5 Å². The summed E-state index contributed by atoms with van der Waals surface area (Å²) in [5.74, 6) is -9.85. The van der Waals surface area contributed by atoms with Crippen molar-refractivity contribution in [2.24, 2.45) is 0 Å². The summed E-state index contributed by atoms with van der Waals surface area (Å²) in [7, 11) is 0. The third kappa shape index (κ3) is 5.47. The second-order valence-electron chi connectivity index (χ2n) is 6.74. The van der Waals surface area contributed by atoms with Crippen LogP contribution in [0.3, 0.4) is 0 Å². The largest absolute Gasteiger partial charge is 0.491 e. The molecule has 1 aromatic carbocycles. The molecule has 0 aliphatic carbocycles. The molecule has 178 valence electrons. The number of fused-ring (bicyclic) bond motifs is 1. The van der Waals surface area contributed by atoms with Gasteiger partial charge in [-0.25, -0.2) is 14.6 Å². The lowest BCUT2D eigenvalue weighted by molar-refractivity contribution is -0.331. The Labute approximate surface area is 186 Å². The Hall–Kier alpha value is -3.06. The number of aromatic nitrogens is 1. The van der Waals surface area contributed by atoms with Crippen LogP contribution in [0.1, 0.15) is 11.1 Å². The third-order valence-corrected chi connectivity index (χ3v) is 4.76. The lowest BCUT2D eigenvalue weighted by Gasteiger charge is -2.31. The first-order valence-corrected chi connectivity index (χ1v) is 9.35. The molecule has 2 aromatic rings. The number of alkyl halides is 6. The average molecular weight is 499 g/mol. The van der Waals surface area contributed by atoms with Crippen molar-refractivity contribution in [1.29, 1.82) is 0 Å². The predicted octanol–water partition coefficient (Wildman–Crippen LogP) is 4.06. The Morgan fingerprint density at radius 3 is 2.24 bits per heavy atom. The number of pyridine rings is 1. The fourth-order valence-electron chi connectivity index (χ4n) is 2.79. The van der Waals surface area contributed by atoms with Crippen LogP contribution in [0.4, 0.5) is 26.3 Å². The number of rotatable bonds is 3. The number of hydrogen-bond acceptors (Lipinski definition) is 7. The molecule has 0 unspecified atom stereocenters. The summed E-state index contributed by atoms with van der Waals surface area (Å²) in [6, 6.07) is 7.76. The molecule has 2 heterocycles. The SMILES string of the molecule is Cc1c(Cl)cccc1-c1ccc2c(n1)OC(OC(=O)C(F)(F)F)(OC(=O)C(F)(F)F)CNC2. The van der Waals surface area contributed by atoms with Gasteiger partial charge in [-0.05, 0) is 24.6 Å². The van der Waals surface area contributed by atoms with Gasteiger partial charge in [0.25, 0.3) is 0 Å². The average Bonchev–Trinajstić information content (AvgIpc) is 2.87. The predicted molar refractivity (Wildman–Crippen MR) is 98.8 cm³/mol. The Morgan fingerprint density at radius 1 is 1.06 bits per heavy atom. The summed E-state index contributed by atoms with van der Waals surface area (Å²) in [5, 5.41) is 2.79. The van der Waals surface area contributed by atoms with Gasteiger partial charge in [0, 0.05) is 22.7 Å². The molecule has 0 saturated carbocycles. The highest BCUT2D eigenvalue weighted by Gasteiger charge is 2.55. The Balaban J connectivity index is 2.06. The molecule has 0 radical (unpaired) electrons. The summed E-state index contributed by atoms with van der Waals surface area (Å²) >= 11 is 6.08. The van der Waals surface area contributed by atoms with E-state index in [4.69, 9.17) is 16.3 Å². The van der Waals surface area contributed by atoms with Crippen LogP contribution >= 0.6 is 11.6 Å². The molecular weight excluding hydrogens is 486 g/mol. The third-order valence-electron chi connectivity index (χ3n) is 4.35. The zero-order chi connectivity index (χ0) is 24.6. The number of carbonyl (C=O) groups excluding carboxylic acids is 2. The van der Waals surface area contributed by atoms with Crippen LogP contribution in [0, 0.1) is 6.92 Å². The molecule has 0 spiro atoms. The summed E-state index contributed by atoms with van der Waals surface area (Å²) in [5.41, 5.74) is 1.42. The van der Waals surface area contributed by atoms with E-state index in [1.54, 1.807) is 25.1 Å². The second-order valence-corrected chi connectivity index (χ2v) is 7.14. The summed E-state index contributed by atoms with van der Waals surface area (Å²) in [4.78, 5) is 26.9. The van der Waals surface area contributed by atoms with Gasteiger partial charge in [0.05, 0.1) is 5.69 Å². The molecule has 1 aromatic heterocycles. The van der Waals surface area contributed by atoms with Crippen molar-refractivity contribution < 1.29 is 50.1 Å². The van der Waals surface area contributed by atoms with Gasteiger partial charge in [-0.15, -0.1) is 0 Å². The summed E-state index contributed by atoms with van der Waals surface area (Å²) in [6.07, 6.45) is -11.2. The van der Waals surface area contributed by atoms with E-state index in [-0.39, 0.29) is 17.8 Å². The maximum absolute atomic E-state index is 12.8. The zero-order valence-electron chi connectivity index (χ0n) is 16.4. The quantitative estimate of drug-likeness (QED) is 0.388. The first-order valence-electron chi connectivity index (χ1n) is 8.97. The lowest BCUT2D eigenvalue weighted by atomic mass is 10.0. The molecule has 1 aliphatic rings. The number of hydrogen-bond donors (Lipinski definition) is 1. The topological polar surface area (TPSA) is 86.8 Å². The smallest absolute Gasteiger partial charge is 0.401 e. The molecule has 3 rings (SSSR count). The number of ether oxygens (including phenoxy) is 3. The minimum absolute atomic E-state index is 0.173. The molecule has 7 nitrogen and oxygen atoms in total. The normalized spacial score (nSPS) is 15.6. The number of nitrogens with zero attached hydrogens (tertiary/aromatic N) is 1. The maximum atomic E-state index is 12.8. The number of halogens is 7. The van der Waals surface area contributed by atoms with Crippen molar-refractivity contribution in [2.75, 3.05) is 6.54 Å². The number of carbonyl (C=O) groups is 2. The highest BCUT2D eigenvalue weighted by Crippen LogP contribution is 2.34.